The topological polar surface area (TPSA) is 24.9 Å². The maximum atomic E-state index is 5.80. The second kappa shape index (κ2) is 7.02. The van der Waals surface area contributed by atoms with Crippen LogP contribution in [0.2, 0.25) is 0 Å². The molecule has 0 aromatic carbocycles. The highest BCUT2D eigenvalue weighted by Gasteiger charge is 2.34. The van der Waals surface area contributed by atoms with Crippen molar-refractivity contribution in [3.63, 3.8) is 0 Å². The third-order valence-electron chi connectivity index (χ3n) is 4.09. The first kappa shape index (κ1) is 15.2. The van der Waals surface area contributed by atoms with Gasteiger partial charge in [-0.2, -0.15) is 0 Å². The number of piperazine rings is 1. The predicted octanol–water partition coefficient (Wildman–Crippen LogP) is 1.76. The second-order valence-electron chi connectivity index (χ2n) is 6.13. The van der Waals surface area contributed by atoms with Crippen LogP contribution in [-0.2, 0) is 9.47 Å². The van der Waals surface area contributed by atoms with Crippen LogP contribution in [0.4, 0.5) is 0 Å². The fraction of sp³-hybridized carbons (Fsp3) is 0.933. The fourth-order valence-corrected chi connectivity index (χ4v) is 2.97. The zero-order valence-electron chi connectivity index (χ0n) is 12.8. The standard InChI is InChI=1S/C15H29N2O2/c1-4-18-12-10-16-6-8-17(9-7-16)14-5-11-19-15(2,3)13-14/h4-13H2,1-3H3. The number of rotatable bonds is 5. The van der Waals surface area contributed by atoms with Crippen LogP contribution < -0.4 is 0 Å². The van der Waals surface area contributed by atoms with Gasteiger partial charge < -0.3 is 9.47 Å². The van der Waals surface area contributed by atoms with Crippen molar-refractivity contribution in [2.75, 3.05) is 52.5 Å². The van der Waals surface area contributed by atoms with Crippen molar-refractivity contribution in [2.24, 2.45) is 0 Å². The molecule has 0 unspecified atom stereocenters. The lowest BCUT2D eigenvalue weighted by molar-refractivity contribution is -0.0619. The molecule has 0 spiro atoms. The van der Waals surface area contributed by atoms with Gasteiger partial charge in [-0.3, -0.25) is 9.80 Å². The Morgan fingerprint density at radius 3 is 2.58 bits per heavy atom. The molecule has 0 aromatic rings. The molecule has 2 heterocycles. The third kappa shape index (κ3) is 4.71. The van der Waals surface area contributed by atoms with E-state index in [1.165, 1.54) is 0 Å². The Labute approximate surface area is 118 Å². The Bertz CT molecular complexity index is 263. The molecule has 111 valence electrons. The summed E-state index contributed by atoms with van der Waals surface area (Å²) in [6.45, 7) is 14.8. The average molecular weight is 269 g/mol. The van der Waals surface area contributed by atoms with E-state index < -0.39 is 0 Å². The van der Waals surface area contributed by atoms with Gasteiger partial charge in [0.25, 0.3) is 0 Å². The van der Waals surface area contributed by atoms with Crippen molar-refractivity contribution >= 4 is 0 Å². The van der Waals surface area contributed by atoms with Gasteiger partial charge in [0.1, 0.15) is 0 Å². The Hall–Kier alpha value is -0.160. The maximum absolute atomic E-state index is 5.80. The van der Waals surface area contributed by atoms with Crippen LogP contribution >= 0.6 is 0 Å². The molecular weight excluding hydrogens is 240 g/mol. The van der Waals surface area contributed by atoms with Crippen molar-refractivity contribution in [3.05, 3.63) is 6.04 Å². The minimum Gasteiger partial charge on any atom is -0.380 e. The Morgan fingerprint density at radius 2 is 1.95 bits per heavy atom. The van der Waals surface area contributed by atoms with E-state index in [9.17, 15) is 0 Å². The van der Waals surface area contributed by atoms with E-state index in [0.717, 1.165) is 65.4 Å². The number of ether oxygens (including phenoxy) is 2. The number of hydrogen-bond acceptors (Lipinski definition) is 4. The molecule has 0 saturated carbocycles. The molecule has 0 aromatic heterocycles. The molecular formula is C15H29N2O2. The van der Waals surface area contributed by atoms with Crippen LogP contribution in [0.25, 0.3) is 0 Å². The van der Waals surface area contributed by atoms with Crippen LogP contribution in [0.1, 0.15) is 33.6 Å². The molecule has 2 rings (SSSR count). The van der Waals surface area contributed by atoms with Crippen molar-refractivity contribution in [3.8, 4) is 0 Å². The van der Waals surface area contributed by atoms with Gasteiger partial charge in [-0.15, -0.1) is 0 Å². The lowest BCUT2D eigenvalue weighted by Crippen LogP contribution is -2.51. The van der Waals surface area contributed by atoms with Crippen LogP contribution in [-0.4, -0.2) is 67.9 Å². The Morgan fingerprint density at radius 1 is 1.21 bits per heavy atom. The summed E-state index contributed by atoms with van der Waals surface area (Å²) in [4.78, 5) is 5.10. The first-order chi connectivity index (χ1) is 9.11. The summed E-state index contributed by atoms with van der Waals surface area (Å²) in [5, 5.41) is 0. The molecule has 0 bridgehead atoms. The summed E-state index contributed by atoms with van der Waals surface area (Å²) in [6, 6.07) is 1.60. The zero-order chi connectivity index (χ0) is 13.7. The maximum Gasteiger partial charge on any atom is 0.0644 e. The van der Waals surface area contributed by atoms with Gasteiger partial charge in [-0.1, -0.05) is 0 Å². The minimum atomic E-state index is 0.0275. The molecule has 2 fully saturated rings. The van der Waals surface area contributed by atoms with Gasteiger partial charge >= 0.3 is 0 Å². The quantitative estimate of drug-likeness (QED) is 0.710. The fourth-order valence-electron chi connectivity index (χ4n) is 2.97. The van der Waals surface area contributed by atoms with E-state index >= 15 is 0 Å². The summed E-state index contributed by atoms with van der Waals surface area (Å²) in [7, 11) is 0. The van der Waals surface area contributed by atoms with E-state index in [4.69, 9.17) is 9.47 Å². The average Bonchev–Trinajstić information content (AvgIpc) is 2.39. The van der Waals surface area contributed by atoms with E-state index in [1.807, 2.05) is 0 Å². The summed E-state index contributed by atoms with van der Waals surface area (Å²) in [5.41, 5.74) is 0.0275. The molecule has 2 aliphatic heterocycles. The smallest absolute Gasteiger partial charge is 0.0644 e. The lowest BCUT2D eigenvalue weighted by atomic mass is 9.92. The molecule has 0 amide bonds. The van der Waals surface area contributed by atoms with E-state index in [0.29, 0.717) is 0 Å². The van der Waals surface area contributed by atoms with E-state index in [1.54, 1.807) is 6.04 Å². The van der Waals surface area contributed by atoms with Gasteiger partial charge in [0.05, 0.1) is 12.2 Å². The Kier molecular flexibility index (Phi) is 5.63. The molecule has 0 aliphatic carbocycles. The van der Waals surface area contributed by atoms with Crippen molar-refractivity contribution in [1.82, 2.24) is 9.80 Å². The summed E-state index contributed by atoms with van der Waals surface area (Å²) >= 11 is 0. The molecule has 2 aliphatic rings. The van der Waals surface area contributed by atoms with Crippen LogP contribution in [0.3, 0.4) is 0 Å². The van der Waals surface area contributed by atoms with Crippen molar-refractivity contribution in [1.29, 1.82) is 0 Å². The zero-order valence-corrected chi connectivity index (χ0v) is 12.8. The SMILES string of the molecule is CCOCCN1CCN([C]2CCOC(C)(C)C2)CC1. The molecule has 4 heteroatoms. The molecule has 2 saturated heterocycles. The van der Waals surface area contributed by atoms with Crippen LogP contribution in [0.5, 0.6) is 0 Å². The minimum absolute atomic E-state index is 0.0275. The van der Waals surface area contributed by atoms with Gasteiger partial charge in [-0.05, 0) is 33.6 Å². The first-order valence-corrected chi connectivity index (χ1v) is 7.64. The van der Waals surface area contributed by atoms with Crippen molar-refractivity contribution in [2.45, 2.75) is 39.2 Å². The Balaban J connectivity index is 1.70. The number of hydrogen-bond donors (Lipinski definition) is 0. The van der Waals surface area contributed by atoms with Gasteiger partial charge in [-0.25, -0.2) is 0 Å². The molecule has 0 N–H and O–H groups in total. The van der Waals surface area contributed by atoms with Gasteiger partial charge in [0.15, 0.2) is 0 Å². The van der Waals surface area contributed by atoms with Crippen LogP contribution in [0.15, 0.2) is 0 Å². The first-order valence-electron chi connectivity index (χ1n) is 7.64. The predicted molar refractivity (Wildman–Crippen MR) is 77.0 cm³/mol. The number of nitrogens with zero attached hydrogens (tertiary/aromatic N) is 2. The molecule has 19 heavy (non-hydrogen) atoms. The summed E-state index contributed by atoms with van der Waals surface area (Å²) < 4.78 is 11.2. The molecule has 1 radical (unpaired) electrons. The highest BCUT2D eigenvalue weighted by atomic mass is 16.5. The highest BCUT2D eigenvalue weighted by molar-refractivity contribution is 4.99. The molecule has 4 nitrogen and oxygen atoms in total. The van der Waals surface area contributed by atoms with Gasteiger partial charge in [0, 0.05) is 52.0 Å². The van der Waals surface area contributed by atoms with E-state index in [-0.39, 0.29) is 5.60 Å². The largest absolute Gasteiger partial charge is 0.380 e. The summed E-state index contributed by atoms with van der Waals surface area (Å²) in [5.74, 6) is 0. The van der Waals surface area contributed by atoms with E-state index in [2.05, 4.69) is 30.6 Å². The lowest BCUT2D eigenvalue weighted by Gasteiger charge is -2.44. The van der Waals surface area contributed by atoms with Gasteiger partial charge in [0.2, 0.25) is 0 Å². The van der Waals surface area contributed by atoms with Crippen molar-refractivity contribution < 1.29 is 9.47 Å². The second-order valence-corrected chi connectivity index (χ2v) is 6.13. The third-order valence-corrected chi connectivity index (χ3v) is 4.09. The molecule has 0 atom stereocenters. The summed E-state index contributed by atoms with van der Waals surface area (Å²) in [6.07, 6.45) is 2.20. The monoisotopic (exact) mass is 269 g/mol. The highest BCUT2D eigenvalue weighted by Crippen LogP contribution is 2.32. The normalized spacial score (nSPS) is 26.7. The van der Waals surface area contributed by atoms with Crippen LogP contribution in [0, 0.1) is 6.04 Å².